The monoisotopic (exact) mass is 294 g/mol. The highest BCUT2D eigenvalue weighted by Gasteiger charge is 2.19. The maximum atomic E-state index is 12.4. The number of hydrogen-bond donors (Lipinski definition) is 1. The quantitative estimate of drug-likeness (QED) is 0.917. The van der Waals surface area contributed by atoms with Crippen molar-refractivity contribution in [1.82, 2.24) is 15.0 Å². The summed E-state index contributed by atoms with van der Waals surface area (Å²) in [6.45, 7) is 6.88. The number of carbonyl (C=O) groups is 1. The second kappa shape index (κ2) is 6.04. The zero-order valence-corrected chi connectivity index (χ0v) is 12.9. The van der Waals surface area contributed by atoms with Crippen LogP contribution in [0.1, 0.15) is 33.7 Å². The van der Waals surface area contributed by atoms with Crippen molar-refractivity contribution < 1.29 is 9.32 Å². The number of hydrogen-bond acceptors (Lipinski definition) is 6. The van der Waals surface area contributed by atoms with Crippen LogP contribution in [0.25, 0.3) is 0 Å². The van der Waals surface area contributed by atoms with E-state index in [2.05, 4.69) is 15.5 Å². The first-order valence-corrected chi connectivity index (χ1v) is 7.21. The van der Waals surface area contributed by atoms with Gasteiger partial charge in [-0.2, -0.15) is 0 Å². The number of aromatic nitrogens is 2. The van der Waals surface area contributed by atoms with Crippen LogP contribution in [0.3, 0.4) is 0 Å². The molecule has 0 saturated heterocycles. The van der Waals surface area contributed by atoms with Gasteiger partial charge in [-0.05, 0) is 20.8 Å². The van der Waals surface area contributed by atoms with Crippen LogP contribution >= 0.6 is 11.3 Å². The minimum absolute atomic E-state index is 0.0511. The molecule has 0 aliphatic heterocycles. The fourth-order valence-electron chi connectivity index (χ4n) is 1.80. The SMILES string of the molecule is CCNc1nc(C)c(C(=O)N(C)Cc2cc(C)on2)s1. The highest BCUT2D eigenvalue weighted by molar-refractivity contribution is 7.17. The van der Waals surface area contributed by atoms with E-state index in [1.54, 1.807) is 11.9 Å². The molecule has 20 heavy (non-hydrogen) atoms. The summed E-state index contributed by atoms with van der Waals surface area (Å²) in [6.07, 6.45) is 0. The molecule has 1 N–H and O–H groups in total. The number of nitrogens with one attached hydrogen (secondary N) is 1. The Labute approximate surface area is 121 Å². The third-order valence-electron chi connectivity index (χ3n) is 2.74. The number of carbonyl (C=O) groups excluding carboxylic acids is 1. The summed E-state index contributed by atoms with van der Waals surface area (Å²) >= 11 is 1.38. The lowest BCUT2D eigenvalue weighted by Crippen LogP contribution is -2.26. The van der Waals surface area contributed by atoms with E-state index in [-0.39, 0.29) is 5.91 Å². The van der Waals surface area contributed by atoms with E-state index in [1.807, 2.05) is 26.8 Å². The van der Waals surface area contributed by atoms with E-state index in [4.69, 9.17) is 4.52 Å². The van der Waals surface area contributed by atoms with Gasteiger partial charge in [-0.1, -0.05) is 16.5 Å². The molecule has 2 aromatic rings. The molecule has 0 saturated carbocycles. The number of amides is 1. The standard InChI is InChI=1S/C13H18N4O2S/c1-5-14-13-15-9(3)11(20-13)12(18)17(4)7-10-6-8(2)19-16-10/h6H,5,7H2,1-4H3,(H,14,15). The maximum absolute atomic E-state index is 12.4. The number of rotatable bonds is 5. The van der Waals surface area contributed by atoms with Gasteiger partial charge in [-0.3, -0.25) is 4.79 Å². The smallest absolute Gasteiger partial charge is 0.266 e. The van der Waals surface area contributed by atoms with Crippen LogP contribution in [-0.4, -0.2) is 34.5 Å². The fourth-order valence-corrected chi connectivity index (χ4v) is 2.83. The Morgan fingerprint density at radius 3 is 2.85 bits per heavy atom. The highest BCUT2D eigenvalue weighted by atomic mass is 32.1. The Hall–Kier alpha value is -1.89. The molecule has 7 heteroatoms. The van der Waals surface area contributed by atoms with Crippen molar-refractivity contribution in [1.29, 1.82) is 0 Å². The summed E-state index contributed by atoms with van der Waals surface area (Å²) in [5, 5.41) is 7.80. The fraction of sp³-hybridized carbons (Fsp3) is 0.462. The lowest BCUT2D eigenvalue weighted by molar-refractivity contribution is 0.0786. The number of aryl methyl sites for hydroxylation is 2. The highest BCUT2D eigenvalue weighted by Crippen LogP contribution is 2.24. The first-order chi connectivity index (χ1) is 9.51. The lowest BCUT2D eigenvalue weighted by Gasteiger charge is -2.14. The molecule has 0 spiro atoms. The molecular weight excluding hydrogens is 276 g/mol. The minimum Gasteiger partial charge on any atom is -0.362 e. The molecule has 0 fully saturated rings. The van der Waals surface area contributed by atoms with Gasteiger partial charge in [-0.25, -0.2) is 4.98 Å². The van der Waals surface area contributed by atoms with Crippen molar-refractivity contribution in [2.24, 2.45) is 0 Å². The molecule has 0 aliphatic rings. The van der Waals surface area contributed by atoms with E-state index in [0.29, 0.717) is 11.4 Å². The van der Waals surface area contributed by atoms with E-state index in [1.165, 1.54) is 11.3 Å². The molecule has 108 valence electrons. The van der Waals surface area contributed by atoms with Gasteiger partial charge in [0, 0.05) is 19.7 Å². The van der Waals surface area contributed by atoms with Gasteiger partial charge in [0.15, 0.2) is 5.13 Å². The zero-order chi connectivity index (χ0) is 14.7. The summed E-state index contributed by atoms with van der Waals surface area (Å²) in [5.41, 5.74) is 1.49. The normalized spacial score (nSPS) is 10.6. The first kappa shape index (κ1) is 14.5. The van der Waals surface area contributed by atoms with Crippen molar-refractivity contribution >= 4 is 22.4 Å². The summed E-state index contributed by atoms with van der Waals surface area (Å²) < 4.78 is 5.00. The largest absolute Gasteiger partial charge is 0.362 e. The van der Waals surface area contributed by atoms with E-state index < -0.39 is 0 Å². The summed E-state index contributed by atoms with van der Waals surface area (Å²) in [5.74, 6) is 0.689. The molecule has 0 unspecified atom stereocenters. The Bertz CT molecular complexity index is 605. The van der Waals surface area contributed by atoms with Crippen LogP contribution in [0.15, 0.2) is 10.6 Å². The molecule has 2 heterocycles. The van der Waals surface area contributed by atoms with Gasteiger partial charge in [-0.15, -0.1) is 0 Å². The van der Waals surface area contributed by atoms with Gasteiger partial charge in [0.05, 0.1) is 12.2 Å². The predicted octanol–water partition coefficient (Wildman–Crippen LogP) is 2.45. The summed E-state index contributed by atoms with van der Waals surface area (Å²) in [6, 6.07) is 1.83. The average molecular weight is 294 g/mol. The van der Waals surface area contributed by atoms with Crippen molar-refractivity contribution in [3.05, 3.63) is 28.1 Å². The van der Waals surface area contributed by atoms with Crippen molar-refractivity contribution in [2.45, 2.75) is 27.3 Å². The topological polar surface area (TPSA) is 71.3 Å². The molecule has 0 atom stereocenters. The second-order valence-electron chi connectivity index (χ2n) is 4.55. The summed E-state index contributed by atoms with van der Waals surface area (Å²) in [4.78, 5) is 19.0. The van der Waals surface area contributed by atoms with Crippen molar-refractivity contribution in [3.8, 4) is 0 Å². The Morgan fingerprint density at radius 1 is 1.50 bits per heavy atom. The number of nitrogens with zero attached hydrogens (tertiary/aromatic N) is 3. The average Bonchev–Trinajstić information content (AvgIpc) is 2.95. The van der Waals surface area contributed by atoms with Crippen LogP contribution < -0.4 is 5.32 Å². The van der Waals surface area contributed by atoms with Crippen molar-refractivity contribution in [2.75, 3.05) is 18.9 Å². The van der Waals surface area contributed by atoms with Crippen LogP contribution in [0, 0.1) is 13.8 Å². The van der Waals surface area contributed by atoms with Crippen LogP contribution in [0.5, 0.6) is 0 Å². The molecule has 1 amide bonds. The number of anilines is 1. The van der Waals surface area contributed by atoms with Gasteiger partial charge in [0.25, 0.3) is 5.91 Å². The van der Waals surface area contributed by atoms with Crippen LogP contribution in [0.2, 0.25) is 0 Å². The molecule has 0 aliphatic carbocycles. The Balaban J connectivity index is 2.09. The first-order valence-electron chi connectivity index (χ1n) is 6.40. The minimum atomic E-state index is -0.0511. The molecule has 2 rings (SSSR count). The van der Waals surface area contributed by atoms with E-state index in [9.17, 15) is 4.79 Å². The lowest BCUT2D eigenvalue weighted by atomic mass is 10.3. The van der Waals surface area contributed by atoms with Gasteiger partial charge in [0.1, 0.15) is 16.3 Å². The van der Waals surface area contributed by atoms with E-state index >= 15 is 0 Å². The second-order valence-corrected chi connectivity index (χ2v) is 5.55. The van der Waals surface area contributed by atoms with Gasteiger partial charge in [0.2, 0.25) is 0 Å². The molecule has 0 radical (unpaired) electrons. The zero-order valence-electron chi connectivity index (χ0n) is 12.1. The Morgan fingerprint density at radius 2 is 2.25 bits per heavy atom. The molecule has 2 aromatic heterocycles. The van der Waals surface area contributed by atoms with Gasteiger partial charge >= 0.3 is 0 Å². The molecule has 6 nitrogen and oxygen atoms in total. The third-order valence-corrected chi connectivity index (χ3v) is 3.84. The summed E-state index contributed by atoms with van der Waals surface area (Å²) in [7, 11) is 1.75. The third kappa shape index (κ3) is 3.16. The molecular formula is C13H18N4O2S. The molecule has 0 bridgehead atoms. The predicted molar refractivity (Wildman–Crippen MR) is 78.1 cm³/mol. The molecule has 0 aromatic carbocycles. The van der Waals surface area contributed by atoms with Crippen LogP contribution in [-0.2, 0) is 6.54 Å². The maximum Gasteiger partial charge on any atom is 0.266 e. The van der Waals surface area contributed by atoms with Gasteiger partial charge < -0.3 is 14.7 Å². The van der Waals surface area contributed by atoms with E-state index in [0.717, 1.165) is 28.8 Å². The number of thiazole rings is 1. The Kier molecular flexibility index (Phi) is 4.39. The van der Waals surface area contributed by atoms with Crippen LogP contribution in [0.4, 0.5) is 5.13 Å². The van der Waals surface area contributed by atoms with Crippen molar-refractivity contribution in [3.63, 3.8) is 0 Å².